The summed E-state index contributed by atoms with van der Waals surface area (Å²) in [6.07, 6.45) is 0.502. The van der Waals surface area contributed by atoms with Crippen LogP contribution in [0.4, 0.5) is 5.69 Å². The van der Waals surface area contributed by atoms with Crippen molar-refractivity contribution in [2.75, 3.05) is 5.32 Å². The summed E-state index contributed by atoms with van der Waals surface area (Å²) in [4.78, 5) is 11.4. The third-order valence-electron chi connectivity index (χ3n) is 3.02. The molecule has 3 heteroatoms. The van der Waals surface area contributed by atoms with E-state index in [-0.39, 0.29) is 5.91 Å². The minimum Gasteiger partial charge on any atom is -0.326 e. The van der Waals surface area contributed by atoms with Crippen molar-refractivity contribution in [2.24, 2.45) is 0 Å². The van der Waals surface area contributed by atoms with Gasteiger partial charge in [-0.25, -0.2) is 0 Å². The number of benzene rings is 2. The smallest absolute Gasteiger partial charge is 0.224 e. The third kappa shape index (κ3) is 1.97. The third-order valence-corrected chi connectivity index (χ3v) is 3.90. The molecule has 3 rings (SSSR count). The Kier molecular flexibility index (Phi) is 2.76. The molecule has 1 aromatic heterocycles. The van der Waals surface area contributed by atoms with Crippen LogP contribution in [0.2, 0.25) is 0 Å². The molecule has 2 aromatic carbocycles. The Bertz CT molecular complexity index is 730. The van der Waals surface area contributed by atoms with Crippen LogP contribution >= 0.6 is 11.3 Å². The van der Waals surface area contributed by atoms with Crippen molar-refractivity contribution in [2.45, 2.75) is 13.3 Å². The van der Waals surface area contributed by atoms with Crippen LogP contribution in [0.3, 0.4) is 0 Å². The molecule has 0 saturated carbocycles. The molecule has 1 N–H and O–H groups in total. The SMILES string of the molecule is CCC(=O)Nc1ccc2cc3ccsc3cc2c1. The lowest BCUT2D eigenvalue weighted by molar-refractivity contribution is -0.115. The van der Waals surface area contributed by atoms with Crippen molar-refractivity contribution in [3.8, 4) is 0 Å². The molecule has 90 valence electrons. The number of hydrogen-bond acceptors (Lipinski definition) is 2. The summed E-state index contributed by atoms with van der Waals surface area (Å²) in [7, 11) is 0. The lowest BCUT2D eigenvalue weighted by atomic mass is 10.1. The number of hydrogen-bond donors (Lipinski definition) is 1. The van der Waals surface area contributed by atoms with Gasteiger partial charge >= 0.3 is 0 Å². The largest absolute Gasteiger partial charge is 0.326 e. The van der Waals surface area contributed by atoms with E-state index in [4.69, 9.17) is 0 Å². The highest BCUT2D eigenvalue weighted by Crippen LogP contribution is 2.28. The molecule has 0 aliphatic rings. The van der Waals surface area contributed by atoms with Gasteiger partial charge in [-0.3, -0.25) is 4.79 Å². The van der Waals surface area contributed by atoms with Crippen molar-refractivity contribution in [3.05, 3.63) is 41.8 Å². The summed E-state index contributed by atoms with van der Waals surface area (Å²) < 4.78 is 1.28. The number of amides is 1. The molecule has 1 amide bonds. The lowest BCUT2D eigenvalue weighted by Gasteiger charge is -2.05. The monoisotopic (exact) mass is 255 g/mol. The van der Waals surface area contributed by atoms with Gasteiger partial charge in [-0.05, 0) is 51.9 Å². The number of nitrogens with one attached hydrogen (secondary N) is 1. The van der Waals surface area contributed by atoms with Crippen LogP contribution in [0.25, 0.3) is 20.9 Å². The molecule has 0 atom stereocenters. The molecule has 0 saturated heterocycles. The molecule has 2 nitrogen and oxygen atoms in total. The summed E-state index contributed by atoms with van der Waals surface area (Å²) in [5.74, 6) is 0.0477. The molecule has 3 aromatic rings. The zero-order chi connectivity index (χ0) is 12.5. The quantitative estimate of drug-likeness (QED) is 0.722. The first-order valence-corrected chi connectivity index (χ1v) is 6.85. The van der Waals surface area contributed by atoms with Gasteiger partial charge in [-0.2, -0.15) is 0 Å². The zero-order valence-electron chi connectivity index (χ0n) is 10.1. The van der Waals surface area contributed by atoms with Crippen LogP contribution < -0.4 is 5.32 Å². The normalized spacial score (nSPS) is 10.9. The second kappa shape index (κ2) is 4.42. The molecule has 0 aliphatic heterocycles. The molecule has 0 spiro atoms. The highest BCUT2D eigenvalue weighted by molar-refractivity contribution is 7.17. The number of rotatable bonds is 2. The fourth-order valence-corrected chi connectivity index (χ4v) is 2.85. The van der Waals surface area contributed by atoms with Crippen LogP contribution in [-0.2, 0) is 4.79 Å². The molecular weight excluding hydrogens is 242 g/mol. The standard InChI is InChI=1S/C15H13NOS/c1-2-15(17)16-13-4-3-10-7-11-5-6-18-14(11)9-12(10)8-13/h3-9H,2H2,1H3,(H,16,17). The van der Waals surface area contributed by atoms with Crippen molar-refractivity contribution >= 4 is 43.8 Å². The van der Waals surface area contributed by atoms with Gasteiger partial charge in [0, 0.05) is 16.8 Å². The highest BCUT2D eigenvalue weighted by atomic mass is 32.1. The first kappa shape index (κ1) is 11.2. The van der Waals surface area contributed by atoms with Crippen LogP contribution in [0, 0.1) is 0 Å². The Morgan fingerprint density at radius 3 is 2.83 bits per heavy atom. The second-order valence-electron chi connectivity index (χ2n) is 4.27. The zero-order valence-corrected chi connectivity index (χ0v) is 10.9. The van der Waals surface area contributed by atoms with Gasteiger partial charge in [-0.1, -0.05) is 13.0 Å². The van der Waals surface area contributed by atoms with Crippen molar-refractivity contribution < 1.29 is 4.79 Å². The Morgan fingerprint density at radius 1 is 1.11 bits per heavy atom. The lowest BCUT2D eigenvalue weighted by Crippen LogP contribution is -2.09. The van der Waals surface area contributed by atoms with E-state index in [0.717, 1.165) is 5.69 Å². The predicted molar refractivity (Wildman–Crippen MR) is 78.3 cm³/mol. The topological polar surface area (TPSA) is 29.1 Å². The minimum atomic E-state index is 0.0477. The summed E-state index contributed by atoms with van der Waals surface area (Å²) in [6.45, 7) is 1.85. The molecule has 1 heterocycles. The van der Waals surface area contributed by atoms with E-state index in [2.05, 4.69) is 35.0 Å². The maximum absolute atomic E-state index is 11.4. The summed E-state index contributed by atoms with van der Waals surface area (Å²) in [6, 6.07) is 12.5. The number of anilines is 1. The van der Waals surface area contributed by atoms with Gasteiger partial charge in [0.15, 0.2) is 0 Å². The summed E-state index contributed by atoms with van der Waals surface area (Å²) in [5, 5.41) is 8.64. The Hall–Kier alpha value is -1.87. The molecular formula is C15H13NOS. The van der Waals surface area contributed by atoms with E-state index in [1.165, 1.54) is 20.9 Å². The van der Waals surface area contributed by atoms with Gasteiger partial charge < -0.3 is 5.32 Å². The summed E-state index contributed by atoms with van der Waals surface area (Å²) in [5.41, 5.74) is 0.866. The Morgan fingerprint density at radius 2 is 2.00 bits per heavy atom. The molecule has 0 aliphatic carbocycles. The van der Waals surface area contributed by atoms with Crippen molar-refractivity contribution in [3.63, 3.8) is 0 Å². The van der Waals surface area contributed by atoms with Gasteiger partial charge in [0.1, 0.15) is 0 Å². The minimum absolute atomic E-state index is 0.0477. The van der Waals surface area contributed by atoms with E-state index in [1.54, 1.807) is 11.3 Å². The van der Waals surface area contributed by atoms with E-state index in [0.29, 0.717) is 6.42 Å². The van der Waals surface area contributed by atoms with Gasteiger partial charge in [0.25, 0.3) is 0 Å². The van der Waals surface area contributed by atoms with E-state index < -0.39 is 0 Å². The van der Waals surface area contributed by atoms with E-state index >= 15 is 0 Å². The fraction of sp³-hybridized carbons (Fsp3) is 0.133. The maximum Gasteiger partial charge on any atom is 0.224 e. The molecule has 0 unspecified atom stereocenters. The van der Waals surface area contributed by atoms with Gasteiger partial charge in [0.05, 0.1) is 0 Å². The van der Waals surface area contributed by atoms with Crippen molar-refractivity contribution in [1.29, 1.82) is 0 Å². The fourth-order valence-electron chi connectivity index (χ4n) is 2.03. The highest BCUT2D eigenvalue weighted by Gasteiger charge is 2.02. The summed E-state index contributed by atoms with van der Waals surface area (Å²) >= 11 is 1.74. The molecule has 0 fully saturated rings. The predicted octanol–water partition coefficient (Wildman–Crippen LogP) is 4.40. The number of carbonyl (C=O) groups is 1. The first-order chi connectivity index (χ1) is 8.76. The first-order valence-electron chi connectivity index (χ1n) is 5.97. The molecule has 0 radical (unpaired) electrons. The number of carbonyl (C=O) groups excluding carboxylic acids is 1. The average Bonchev–Trinajstić information content (AvgIpc) is 2.82. The van der Waals surface area contributed by atoms with Crippen LogP contribution in [0.1, 0.15) is 13.3 Å². The van der Waals surface area contributed by atoms with Crippen LogP contribution in [0.15, 0.2) is 41.8 Å². The van der Waals surface area contributed by atoms with Crippen LogP contribution in [0.5, 0.6) is 0 Å². The number of fused-ring (bicyclic) bond motifs is 2. The average molecular weight is 255 g/mol. The Labute approximate surface area is 109 Å². The molecule has 18 heavy (non-hydrogen) atoms. The van der Waals surface area contributed by atoms with Crippen molar-refractivity contribution in [1.82, 2.24) is 0 Å². The second-order valence-corrected chi connectivity index (χ2v) is 5.22. The van der Waals surface area contributed by atoms with Gasteiger partial charge in [0.2, 0.25) is 5.91 Å². The van der Waals surface area contributed by atoms with Crippen LogP contribution in [-0.4, -0.2) is 5.91 Å². The van der Waals surface area contributed by atoms with E-state index in [9.17, 15) is 4.79 Å². The Balaban J connectivity index is 2.09. The maximum atomic E-state index is 11.4. The molecule has 0 bridgehead atoms. The van der Waals surface area contributed by atoms with E-state index in [1.807, 2.05) is 19.1 Å². The number of thiophene rings is 1. The van der Waals surface area contributed by atoms with Gasteiger partial charge in [-0.15, -0.1) is 11.3 Å².